The summed E-state index contributed by atoms with van der Waals surface area (Å²) >= 11 is 0. The van der Waals surface area contributed by atoms with E-state index in [1.54, 1.807) is 24.3 Å². The molecular formula is C16H19N3O2. The number of aromatic nitrogens is 2. The molecule has 5 nitrogen and oxygen atoms in total. The normalized spacial score (nSPS) is 13.0. The van der Waals surface area contributed by atoms with Crippen molar-refractivity contribution in [3.05, 3.63) is 47.5 Å². The van der Waals surface area contributed by atoms with E-state index in [1.165, 1.54) is 17.5 Å². The topological polar surface area (TPSA) is 58.2 Å². The molecule has 0 aliphatic heterocycles. The van der Waals surface area contributed by atoms with Gasteiger partial charge in [-0.2, -0.15) is 0 Å². The van der Waals surface area contributed by atoms with E-state index in [0.29, 0.717) is 6.54 Å². The molecule has 1 aliphatic carbocycles. The summed E-state index contributed by atoms with van der Waals surface area (Å²) in [6, 6.07) is 6.11. The van der Waals surface area contributed by atoms with Crippen LogP contribution in [0.3, 0.4) is 0 Å². The quantitative estimate of drug-likeness (QED) is 0.913. The number of nitrogens with one attached hydrogen (secondary N) is 1. The Morgan fingerprint density at radius 1 is 1.38 bits per heavy atom. The molecule has 0 unspecified atom stereocenters. The molecule has 0 atom stereocenters. The molecule has 21 heavy (non-hydrogen) atoms. The lowest BCUT2D eigenvalue weighted by Gasteiger charge is -2.16. The van der Waals surface area contributed by atoms with Gasteiger partial charge in [0.05, 0.1) is 6.54 Å². The Kier molecular flexibility index (Phi) is 3.90. The number of rotatable bonds is 5. The SMILES string of the molecule is CN(Cc1ncc[nH]1)C(=O)COc1ccc2c(c1)CCC2. The van der Waals surface area contributed by atoms with Gasteiger partial charge in [0, 0.05) is 19.4 Å². The Morgan fingerprint density at radius 3 is 3.05 bits per heavy atom. The summed E-state index contributed by atoms with van der Waals surface area (Å²) in [4.78, 5) is 20.7. The van der Waals surface area contributed by atoms with Crippen LogP contribution in [0.2, 0.25) is 0 Å². The van der Waals surface area contributed by atoms with Crippen molar-refractivity contribution in [3.8, 4) is 5.75 Å². The van der Waals surface area contributed by atoms with Gasteiger partial charge in [0.25, 0.3) is 5.91 Å². The van der Waals surface area contributed by atoms with E-state index in [4.69, 9.17) is 4.74 Å². The minimum atomic E-state index is -0.0631. The van der Waals surface area contributed by atoms with Gasteiger partial charge in [-0.05, 0) is 42.5 Å². The first kappa shape index (κ1) is 13.7. The zero-order valence-electron chi connectivity index (χ0n) is 12.1. The number of aromatic amines is 1. The number of amides is 1. The van der Waals surface area contributed by atoms with Crippen molar-refractivity contribution in [3.63, 3.8) is 0 Å². The fraction of sp³-hybridized carbons (Fsp3) is 0.375. The van der Waals surface area contributed by atoms with Gasteiger partial charge in [-0.25, -0.2) is 4.98 Å². The molecule has 1 aromatic heterocycles. The first-order valence-corrected chi connectivity index (χ1v) is 7.19. The van der Waals surface area contributed by atoms with Gasteiger partial charge in [0.2, 0.25) is 0 Å². The lowest BCUT2D eigenvalue weighted by molar-refractivity contribution is -0.132. The Balaban J connectivity index is 1.53. The van der Waals surface area contributed by atoms with Crippen LogP contribution >= 0.6 is 0 Å². The summed E-state index contributed by atoms with van der Waals surface area (Å²) in [6.07, 6.45) is 6.90. The summed E-state index contributed by atoms with van der Waals surface area (Å²) in [6.45, 7) is 0.509. The molecule has 0 radical (unpaired) electrons. The summed E-state index contributed by atoms with van der Waals surface area (Å²) < 4.78 is 5.61. The monoisotopic (exact) mass is 285 g/mol. The van der Waals surface area contributed by atoms with Crippen molar-refractivity contribution in [2.24, 2.45) is 0 Å². The maximum absolute atomic E-state index is 12.0. The molecule has 0 spiro atoms. The van der Waals surface area contributed by atoms with Gasteiger partial charge in [-0.3, -0.25) is 4.79 Å². The van der Waals surface area contributed by atoms with E-state index in [-0.39, 0.29) is 12.5 Å². The largest absolute Gasteiger partial charge is 0.484 e. The number of likely N-dealkylation sites (N-methyl/N-ethyl adjacent to an activating group) is 1. The Labute approximate surface area is 124 Å². The molecule has 0 fully saturated rings. The van der Waals surface area contributed by atoms with Crippen molar-refractivity contribution in [1.82, 2.24) is 14.9 Å². The van der Waals surface area contributed by atoms with Crippen molar-refractivity contribution in [2.45, 2.75) is 25.8 Å². The van der Waals surface area contributed by atoms with Crippen LogP contribution in [0, 0.1) is 0 Å². The first-order valence-electron chi connectivity index (χ1n) is 7.19. The van der Waals surface area contributed by atoms with Crippen molar-refractivity contribution in [2.75, 3.05) is 13.7 Å². The van der Waals surface area contributed by atoms with Gasteiger partial charge in [-0.1, -0.05) is 6.07 Å². The van der Waals surface area contributed by atoms with Crippen molar-refractivity contribution in [1.29, 1.82) is 0 Å². The molecule has 1 aromatic carbocycles. The van der Waals surface area contributed by atoms with E-state index in [9.17, 15) is 4.79 Å². The van der Waals surface area contributed by atoms with Gasteiger partial charge in [-0.15, -0.1) is 0 Å². The Hall–Kier alpha value is -2.30. The molecule has 1 amide bonds. The highest BCUT2D eigenvalue weighted by Crippen LogP contribution is 2.25. The Morgan fingerprint density at radius 2 is 2.24 bits per heavy atom. The lowest BCUT2D eigenvalue weighted by atomic mass is 10.1. The van der Waals surface area contributed by atoms with Crippen molar-refractivity contribution >= 4 is 5.91 Å². The Bertz CT molecular complexity index is 622. The molecule has 2 aromatic rings. The van der Waals surface area contributed by atoms with Crippen LogP contribution in [0.25, 0.3) is 0 Å². The number of imidazole rings is 1. The minimum Gasteiger partial charge on any atom is -0.484 e. The highest BCUT2D eigenvalue weighted by atomic mass is 16.5. The number of nitrogens with zero attached hydrogens (tertiary/aromatic N) is 2. The number of hydrogen-bond donors (Lipinski definition) is 1. The van der Waals surface area contributed by atoms with E-state index >= 15 is 0 Å². The molecule has 1 aliphatic rings. The van der Waals surface area contributed by atoms with Gasteiger partial charge >= 0.3 is 0 Å². The minimum absolute atomic E-state index is 0.0516. The molecule has 0 saturated carbocycles. The summed E-state index contributed by atoms with van der Waals surface area (Å²) in [5.74, 6) is 1.48. The van der Waals surface area contributed by atoms with Crippen LogP contribution in [0.5, 0.6) is 5.75 Å². The molecule has 0 saturated heterocycles. The predicted octanol–water partition coefficient (Wildman–Crippen LogP) is 1.94. The second-order valence-electron chi connectivity index (χ2n) is 5.36. The molecule has 5 heteroatoms. The van der Waals surface area contributed by atoms with Gasteiger partial charge in [0.15, 0.2) is 6.61 Å². The number of carbonyl (C=O) groups is 1. The van der Waals surface area contributed by atoms with E-state index in [2.05, 4.69) is 22.1 Å². The predicted molar refractivity (Wildman–Crippen MR) is 79.0 cm³/mol. The summed E-state index contributed by atoms with van der Waals surface area (Å²) in [7, 11) is 1.75. The zero-order chi connectivity index (χ0) is 14.7. The maximum atomic E-state index is 12.0. The van der Waals surface area contributed by atoms with Crippen LogP contribution in [0.4, 0.5) is 0 Å². The molecule has 3 rings (SSSR count). The standard InChI is InChI=1S/C16H19N3O2/c1-19(10-15-17-7-8-18-15)16(20)11-21-14-6-5-12-3-2-4-13(12)9-14/h5-9H,2-4,10-11H2,1H3,(H,17,18). The van der Waals surface area contributed by atoms with Crippen LogP contribution in [-0.2, 0) is 24.2 Å². The summed E-state index contributed by atoms with van der Waals surface area (Å²) in [5.41, 5.74) is 2.76. The molecule has 1 heterocycles. The fourth-order valence-corrected chi connectivity index (χ4v) is 2.59. The van der Waals surface area contributed by atoms with Crippen LogP contribution in [0.15, 0.2) is 30.6 Å². The van der Waals surface area contributed by atoms with Gasteiger partial charge < -0.3 is 14.6 Å². The first-order chi connectivity index (χ1) is 10.2. The highest BCUT2D eigenvalue weighted by Gasteiger charge is 2.14. The smallest absolute Gasteiger partial charge is 0.260 e. The number of carbonyl (C=O) groups excluding carboxylic acids is 1. The average molecular weight is 285 g/mol. The highest BCUT2D eigenvalue weighted by molar-refractivity contribution is 5.77. The average Bonchev–Trinajstić information content (AvgIpc) is 3.14. The second-order valence-corrected chi connectivity index (χ2v) is 5.36. The second kappa shape index (κ2) is 5.99. The van der Waals surface area contributed by atoms with Crippen LogP contribution < -0.4 is 4.74 Å². The van der Waals surface area contributed by atoms with E-state index < -0.39 is 0 Å². The third kappa shape index (κ3) is 3.24. The van der Waals surface area contributed by atoms with E-state index in [1.807, 2.05) is 6.07 Å². The number of aryl methyl sites for hydroxylation is 2. The fourth-order valence-electron chi connectivity index (χ4n) is 2.59. The van der Waals surface area contributed by atoms with Crippen LogP contribution in [0.1, 0.15) is 23.4 Å². The zero-order valence-corrected chi connectivity index (χ0v) is 12.1. The number of fused-ring (bicyclic) bond motifs is 1. The third-order valence-electron chi connectivity index (χ3n) is 3.80. The number of H-pyrrole nitrogens is 1. The molecule has 0 bridgehead atoms. The molecular weight excluding hydrogens is 266 g/mol. The van der Waals surface area contributed by atoms with Gasteiger partial charge in [0.1, 0.15) is 11.6 Å². The van der Waals surface area contributed by atoms with Crippen LogP contribution in [-0.4, -0.2) is 34.4 Å². The lowest BCUT2D eigenvalue weighted by Crippen LogP contribution is -2.31. The van der Waals surface area contributed by atoms with Crippen molar-refractivity contribution < 1.29 is 9.53 Å². The molecule has 1 N–H and O–H groups in total. The number of benzene rings is 1. The summed E-state index contributed by atoms with van der Waals surface area (Å²) in [5, 5.41) is 0. The molecule has 110 valence electrons. The maximum Gasteiger partial charge on any atom is 0.260 e. The number of ether oxygens (including phenoxy) is 1. The van der Waals surface area contributed by atoms with E-state index in [0.717, 1.165) is 24.4 Å². The number of hydrogen-bond acceptors (Lipinski definition) is 3. The third-order valence-corrected chi connectivity index (χ3v) is 3.80.